The molecule has 6 heteroatoms. The number of hydrogen-bond donors (Lipinski definition) is 0. The molecule has 1 aromatic carbocycles. The molecular weight excluding hydrogens is 360 g/mol. The molecule has 0 bridgehead atoms. The molecule has 4 rings (SSSR count). The van der Waals surface area contributed by atoms with Gasteiger partial charge in [-0.3, -0.25) is 4.79 Å². The Morgan fingerprint density at radius 3 is 2.67 bits per heavy atom. The van der Waals surface area contributed by atoms with E-state index in [-0.39, 0.29) is 11.9 Å². The number of benzene rings is 1. The van der Waals surface area contributed by atoms with Gasteiger partial charge >= 0.3 is 0 Å². The van der Waals surface area contributed by atoms with Crippen LogP contribution in [0.5, 0.6) is 0 Å². The Hall–Kier alpha value is -1.95. The highest BCUT2D eigenvalue weighted by atomic mass is 35.5. The highest BCUT2D eigenvalue weighted by Crippen LogP contribution is 2.36. The van der Waals surface area contributed by atoms with Crippen LogP contribution < -0.4 is 0 Å². The molecule has 0 saturated heterocycles. The molecule has 3 aromatic rings. The molecule has 0 aliphatic carbocycles. The minimum Gasteiger partial charge on any atom is -0.267 e. The quantitative estimate of drug-likeness (QED) is 0.601. The maximum absolute atomic E-state index is 13.0. The number of nitrogens with zero attached hydrogens (tertiary/aromatic N) is 2. The summed E-state index contributed by atoms with van der Waals surface area (Å²) in [5, 5.41) is 13.0. The Labute approximate surface area is 152 Å². The maximum atomic E-state index is 13.0. The van der Waals surface area contributed by atoms with Gasteiger partial charge in [0.05, 0.1) is 11.8 Å². The lowest BCUT2D eigenvalue weighted by Crippen LogP contribution is -2.26. The first-order valence-electron chi connectivity index (χ1n) is 7.45. The Morgan fingerprint density at radius 1 is 1.17 bits per heavy atom. The topological polar surface area (TPSA) is 32.7 Å². The summed E-state index contributed by atoms with van der Waals surface area (Å²) in [7, 11) is 0. The van der Waals surface area contributed by atoms with Crippen molar-refractivity contribution in [3.8, 4) is 0 Å². The van der Waals surface area contributed by atoms with E-state index in [2.05, 4.69) is 16.5 Å². The van der Waals surface area contributed by atoms with Gasteiger partial charge in [-0.1, -0.05) is 17.7 Å². The van der Waals surface area contributed by atoms with Gasteiger partial charge in [-0.2, -0.15) is 16.4 Å². The Morgan fingerprint density at radius 2 is 2.00 bits per heavy atom. The lowest BCUT2D eigenvalue weighted by molar-refractivity contribution is 0.0714. The number of halogens is 1. The van der Waals surface area contributed by atoms with E-state index in [0.29, 0.717) is 10.6 Å². The Bertz CT molecular complexity index is 870. The lowest BCUT2D eigenvalue weighted by Gasteiger charge is -2.20. The van der Waals surface area contributed by atoms with Crippen LogP contribution in [0.4, 0.5) is 0 Å². The fraction of sp³-hybridized carbons (Fsp3) is 0.111. The molecule has 120 valence electrons. The number of carbonyl (C=O) groups is 1. The van der Waals surface area contributed by atoms with E-state index in [4.69, 9.17) is 11.6 Å². The van der Waals surface area contributed by atoms with Crippen molar-refractivity contribution in [2.75, 3.05) is 0 Å². The zero-order valence-electron chi connectivity index (χ0n) is 12.6. The van der Waals surface area contributed by atoms with Gasteiger partial charge in [0.25, 0.3) is 5.91 Å². The van der Waals surface area contributed by atoms with E-state index >= 15 is 0 Å². The molecule has 0 N–H and O–H groups in total. The van der Waals surface area contributed by atoms with Gasteiger partial charge in [-0.15, -0.1) is 11.3 Å². The molecule has 2 aromatic heterocycles. The van der Waals surface area contributed by atoms with Gasteiger partial charge in [0, 0.05) is 27.4 Å². The summed E-state index contributed by atoms with van der Waals surface area (Å²) < 4.78 is 0. The number of carbonyl (C=O) groups excluding carboxylic acids is 1. The zero-order valence-corrected chi connectivity index (χ0v) is 14.9. The van der Waals surface area contributed by atoms with E-state index in [1.165, 1.54) is 0 Å². The predicted octanol–water partition coefficient (Wildman–Crippen LogP) is 5.45. The van der Waals surface area contributed by atoms with Crippen LogP contribution in [0.3, 0.4) is 0 Å². The van der Waals surface area contributed by atoms with Gasteiger partial charge in [0.2, 0.25) is 0 Å². The highest BCUT2D eigenvalue weighted by molar-refractivity contribution is 7.10. The summed E-state index contributed by atoms with van der Waals surface area (Å²) in [6.07, 6.45) is 0.733. The van der Waals surface area contributed by atoms with Crippen molar-refractivity contribution < 1.29 is 4.79 Å². The first-order chi connectivity index (χ1) is 11.7. The summed E-state index contributed by atoms with van der Waals surface area (Å²) in [4.78, 5) is 14.1. The van der Waals surface area contributed by atoms with Crippen LogP contribution in [0.25, 0.3) is 0 Å². The molecule has 3 heterocycles. The monoisotopic (exact) mass is 372 g/mol. The van der Waals surface area contributed by atoms with Crippen molar-refractivity contribution in [1.29, 1.82) is 0 Å². The van der Waals surface area contributed by atoms with Gasteiger partial charge < -0.3 is 0 Å². The van der Waals surface area contributed by atoms with Crippen molar-refractivity contribution >= 4 is 45.9 Å². The van der Waals surface area contributed by atoms with Gasteiger partial charge in [0.1, 0.15) is 0 Å². The minimum absolute atomic E-state index is 0.0527. The molecule has 1 aliphatic rings. The smallest absolute Gasteiger partial charge is 0.267 e. The Balaban J connectivity index is 1.70. The number of rotatable bonds is 3. The van der Waals surface area contributed by atoms with Crippen LogP contribution in [0.15, 0.2) is 63.7 Å². The zero-order chi connectivity index (χ0) is 16.5. The average molecular weight is 373 g/mol. The van der Waals surface area contributed by atoms with Crippen molar-refractivity contribution in [3.63, 3.8) is 0 Å². The van der Waals surface area contributed by atoms with Crippen LogP contribution in [0, 0.1) is 0 Å². The van der Waals surface area contributed by atoms with E-state index in [0.717, 1.165) is 22.6 Å². The summed E-state index contributed by atoms with van der Waals surface area (Å²) in [6, 6.07) is 13.0. The van der Waals surface area contributed by atoms with Crippen molar-refractivity contribution in [1.82, 2.24) is 5.01 Å². The minimum atomic E-state index is -0.102. The first-order valence-corrected chi connectivity index (χ1v) is 9.65. The fourth-order valence-electron chi connectivity index (χ4n) is 2.73. The molecule has 3 nitrogen and oxygen atoms in total. The predicted molar refractivity (Wildman–Crippen MR) is 100 cm³/mol. The fourth-order valence-corrected chi connectivity index (χ4v) is 4.33. The number of hydrazone groups is 1. The largest absolute Gasteiger partial charge is 0.274 e. The average Bonchev–Trinajstić information content (AvgIpc) is 3.33. The number of hydrogen-bond acceptors (Lipinski definition) is 4. The molecule has 1 aliphatic heterocycles. The summed E-state index contributed by atoms with van der Waals surface area (Å²) >= 11 is 9.22. The Kier molecular flexibility index (Phi) is 4.22. The van der Waals surface area contributed by atoms with Crippen molar-refractivity contribution in [2.24, 2.45) is 5.10 Å². The van der Waals surface area contributed by atoms with E-state index in [1.807, 2.05) is 22.9 Å². The normalized spacial score (nSPS) is 17.1. The van der Waals surface area contributed by atoms with Gasteiger partial charge in [0.15, 0.2) is 0 Å². The van der Waals surface area contributed by atoms with Gasteiger partial charge in [-0.25, -0.2) is 5.01 Å². The summed E-state index contributed by atoms with van der Waals surface area (Å²) in [5.41, 5.74) is 2.64. The second kappa shape index (κ2) is 6.51. The first kappa shape index (κ1) is 15.6. The van der Waals surface area contributed by atoms with Crippen LogP contribution in [-0.2, 0) is 0 Å². The SMILES string of the molecule is O=C(c1ccc(Cl)cc1)N1N=C(c2ccsc2)CC1c1cccs1. The second-order valence-electron chi connectivity index (χ2n) is 5.45. The molecule has 0 fully saturated rings. The van der Waals surface area contributed by atoms with E-state index in [9.17, 15) is 4.79 Å². The van der Waals surface area contributed by atoms with E-state index in [1.54, 1.807) is 51.9 Å². The molecule has 24 heavy (non-hydrogen) atoms. The lowest BCUT2D eigenvalue weighted by atomic mass is 10.1. The molecular formula is C18H13ClN2OS2. The third-order valence-corrected chi connectivity index (χ3v) is 5.84. The van der Waals surface area contributed by atoms with Crippen molar-refractivity contribution in [3.05, 3.63) is 79.6 Å². The highest BCUT2D eigenvalue weighted by Gasteiger charge is 2.34. The van der Waals surface area contributed by atoms with Crippen LogP contribution in [0.1, 0.15) is 33.3 Å². The van der Waals surface area contributed by atoms with Crippen LogP contribution in [-0.4, -0.2) is 16.6 Å². The molecule has 0 radical (unpaired) electrons. The molecule has 0 spiro atoms. The van der Waals surface area contributed by atoms with Crippen LogP contribution in [0.2, 0.25) is 5.02 Å². The molecule has 0 saturated carbocycles. The summed E-state index contributed by atoms with van der Waals surface area (Å²) in [6.45, 7) is 0. The number of thiophene rings is 2. The second-order valence-corrected chi connectivity index (χ2v) is 7.65. The molecule has 1 unspecified atom stereocenters. The van der Waals surface area contributed by atoms with Crippen LogP contribution >= 0.6 is 34.3 Å². The van der Waals surface area contributed by atoms with E-state index < -0.39 is 0 Å². The maximum Gasteiger partial charge on any atom is 0.274 e. The van der Waals surface area contributed by atoms with Gasteiger partial charge in [-0.05, 0) is 52.5 Å². The molecule has 1 amide bonds. The van der Waals surface area contributed by atoms with Crippen molar-refractivity contribution in [2.45, 2.75) is 12.5 Å². The summed E-state index contributed by atoms with van der Waals surface area (Å²) in [5.74, 6) is -0.102. The number of amides is 1. The third-order valence-electron chi connectivity index (χ3n) is 3.94. The molecule has 1 atom stereocenters. The third kappa shape index (κ3) is 2.90. The standard InChI is InChI=1S/C18H13ClN2OS2/c19-14-5-3-12(4-6-14)18(22)21-16(17-2-1-8-24-17)10-15(20-21)13-7-9-23-11-13/h1-9,11,16H,10H2.